The summed E-state index contributed by atoms with van der Waals surface area (Å²) in [5.41, 5.74) is 0.0535. The number of aliphatic hydroxyl groups excluding tert-OH is 3. The first-order valence-corrected chi connectivity index (χ1v) is 8.60. The average Bonchev–Trinajstić information content (AvgIpc) is 2.66. The number of hydrogen-bond donors (Lipinski definition) is 4. The van der Waals surface area contributed by atoms with Crippen LogP contribution in [0.1, 0.15) is 30.6 Å². The zero-order valence-electron chi connectivity index (χ0n) is 15.0. The monoisotopic (exact) mass is 384 g/mol. The van der Waals surface area contributed by atoms with Gasteiger partial charge in [0.25, 0.3) is 0 Å². The molecule has 9 nitrogen and oxygen atoms in total. The smallest absolute Gasteiger partial charge is 0.335 e. The Bertz CT molecular complexity index is 645. The lowest BCUT2D eigenvalue weighted by Crippen LogP contribution is -2.60. The molecule has 6 atom stereocenters. The Morgan fingerprint density at radius 1 is 1.11 bits per heavy atom. The molecule has 2 rings (SSSR count). The van der Waals surface area contributed by atoms with E-state index in [1.54, 1.807) is 6.92 Å². The topological polar surface area (TPSA) is 143 Å². The standard InChI is InChI=1S/C18H24O9/c1-3-9(2)17(24)25-8-12-13(19)14(20)15(21)18(27-12)26-11-6-4-10(5-7-11)16(22)23/h4-7,9,12-15,18-21H,3,8H2,1-2H3,(H,22,23). The summed E-state index contributed by atoms with van der Waals surface area (Å²) in [6.45, 7) is 3.22. The molecule has 4 N–H and O–H groups in total. The van der Waals surface area contributed by atoms with E-state index >= 15 is 0 Å². The number of carboxylic acid groups (broad SMARTS) is 1. The normalized spacial score (nSPS) is 29.0. The van der Waals surface area contributed by atoms with Gasteiger partial charge in [-0.2, -0.15) is 0 Å². The maximum Gasteiger partial charge on any atom is 0.335 e. The highest BCUT2D eigenvalue weighted by Crippen LogP contribution is 2.25. The number of hydrogen-bond acceptors (Lipinski definition) is 8. The van der Waals surface area contributed by atoms with Gasteiger partial charge in [-0.3, -0.25) is 4.79 Å². The largest absolute Gasteiger partial charge is 0.478 e. The molecule has 27 heavy (non-hydrogen) atoms. The number of carbonyl (C=O) groups excluding carboxylic acids is 1. The molecule has 0 aromatic heterocycles. The van der Waals surface area contributed by atoms with Crippen LogP contribution in [0.15, 0.2) is 24.3 Å². The number of esters is 1. The van der Waals surface area contributed by atoms with Crippen molar-refractivity contribution in [2.24, 2.45) is 5.92 Å². The van der Waals surface area contributed by atoms with Crippen molar-refractivity contribution in [1.29, 1.82) is 0 Å². The van der Waals surface area contributed by atoms with Crippen LogP contribution in [0, 0.1) is 5.92 Å². The summed E-state index contributed by atoms with van der Waals surface area (Å²) in [6.07, 6.45) is -6.45. The summed E-state index contributed by atoms with van der Waals surface area (Å²) < 4.78 is 16.0. The molecular formula is C18H24O9. The summed E-state index contributed by atoms with van der Waals surface area (Å²) in [6, 6.07) is 5.36. The van der Waals surface area contributed by atoms with Crippen molar-refractivity contribution in [3.05, 3.63) is 29.8 Å². The number of aliphatic hydroxyl groups is 3. The first-order chi connectivity index (χ1) is 12.7. The third-order valence-electron chi connectivity index (χ3n) is 4.43. The fourth-order valence-corrected chi connectivity index (χ4v) is 2.43. The van der Waals surface area contributed by atoms with Gasteiger partial charge in [-0.25, -0.2) is 4.79 Å². The van der Waals surface area contributed by atoms with E-state index in [1.807, 2.05) is 6.92 Å². The van der Waals surface area contributed by atoms with E-state index in [-0.39, 0.29) is 23.8 Å². The molecule has 0 saturated carbocycles. The fraction of sp³-hybridized carbons (Fsp3) is 0.556. The van der Waals surface area contributed by atoms with E-state index in [2.05, 4.69) is 0 Å². The maximum absolute atomic E-state index is 11.8. The predicted octanol–water partition coefficient (Wildman–Crippen LogP) is 0.160. The Hall–Kier alpha value is -2.20. The number of aromatic carboxylic acids is 1. The SMILES string of the molecule is CCC(C)C(=O)OCC1OC(Oc2ccc(C(=O)O)cc2)C(O)C(O)C1O. The number of carboxylic acids is 1. The Labute approximate surface area is 156 Å². The van der Waals surface area contributed by atoms with Gasteiger partial charge in [-0.05, 0) is 30.7 Å². The molecular weight excluding hydrogens is 360 g/mol. The first-order valence-electron chi connectivity index (χ1n) is 8.60. The highest BCUT2D eigenvalue weighted by atomic mass is 16.7. The van der Waals surface area contributed by atoms with Gasteiger partial charge in [0.2, 0.25) is 6.29 Å². The quantitative estimate of drug-likeness (QED) is 0.483. The molecule has 0 amide bonds. The first kappa shape index (κ1) is 21.1. The molecule has 0 aliphatic carbocycles. The number of carbonyl (C=O) groups is 2. The van der Waals surface area contributed by atoms with Crippen LogP contribution >= 0.6 is 0 Å². The Morgan fingerprint density at radius 2 is 1.74 bits per heavy atom. The molecule has 6 unspecified atom stereocenters. The summed E-state index contributed by atoms with van der Waals surface area (Å²) in [4.78, 5) is 22.6. The number of benzene rings is 1. The van der Waals surface area contributed by atoms with Gasteiger partial charge in [0.05, 0.1) is 11.5 Å². The van der Waals surface area contributed by atoms with E-state index in [4.69, 9.17) is 19.3 Å². The molecule has 0 spiro atoms. The van der Waals surface area contributed by atoms with Gasteiger partial charge >= 0.3 is 11.9 Å². The molecule has 150 valence electrons. The second-order valence-corrected chi connectivity index (χ2v) is 6.40. The lowest BCUT2D eigenvalue weighted by molar-refractivity contribution is -0.278. The molecule has 0 radical (unpaired) electrons. The molecule has 1 aliphatic rings. The second kappa shape index (κ2) is 9.14. The van der Waals surface area contributed by atoms with Crippen LogP contribution in [0.5, 0.6) is 5.75 Å². The molecule has 0 bridgehead atoms. The third-order valence-corrected chi connectivity index (χ3v) is 4.43. The van der Waals surface area contributed by atoms with Gasteiger partial charge in [0, 0.05) is 0 Å². The van der Waals surface area contributed by atoms with Crippen molar-refractivity contribution in [3.63, 3.8) is 0 Å². The molecule has 1 aromatic carbocycles. The molecule has 1 saturated heterocycles. The van der Waals surface area contributed by atoms with E-state index in [0.717, 1.165) is 0 Å². The fourth-order valence-electron chi connectivity index (χ4n) is 2.43. The van der Waals surface area contributed by atoms with E-state index < -0.39 is 42.6 Å². The van der Waals surface area contributed by atoms with Crippen LogP contribution in [0.25, 0.3) is 0 Å². The Balaban J connectivity index is 2.03. The van der Waals surface area contributed by atoms with E-state index in [0.29, 0.717) is 6.42 Å². The van der Waals surface area contributed by atoms with Crippen LogP contribution < -0.4 is 4.74 Å². The van der Waals surface area contributed by atoms with Gasteiger partial charge in [0.1, 0.15) is 36.8 Å². The minimum atomic E-state index is -1.57. The van der Waals surface area contributed by atoms with Gasteiger partial charge < -0.3 is 34.6 Å². The van der Waals surface area contributed by atoms with Crippen molar-refractivity contribution in [1.82, 2.24) is 0 Å². The summed E-state index contributed by atoms with van der Waals surface area (Å²) in [5, 5.41) is 39.0. The molecule has 1 aromatic rings. The average molecular weight is 384 g/mol. The van der Waals surface area contributed by atoms with Gasteiger partial charge in [-0.15, -0.1) is 0 Å². The van der Waals surface area contributed by atoms with Crippen molar-refractivity contribution < 1.29 is 44.2 Å². The van der Waals surface area contributed by atoms with E-state index in [1.165, 1.54) is 24.3 Å². The summed E-state index contributed by atoms with van der Waals surface area (Å²) >= 11 is 0. The lowest BCUT2D eigenvalue weighted by atomic mass is 9.99. The van der Waals surface area contributed by atoms with Crippen LogP contribution in [0.3, 0.4) is 0 Å². The summed E-state index contributed by atoms with van der Waals surface area (Å²) in [5.74, 6) is -1.68. The zero-order valence-corrected chi connectivity index (χ0v) is 15.0. The predicted molar refractivity (Wildman–Crippen MR) is 91.1 cm³/mol. The second-order valence-electron chi connectivity index (χ2n) is 6.40. The van der Waals surface area contributed by atoms with Crippen LogP contribution in [0.2, 0.25) is 0 Å². The van der Waals surface area contributed by atoms with Crippen molar-refractivity contribution in [3.8, 4) is 5.75 Å². The Morgan fingerprint density at radius 3 is 2.30 bits per heavy atom. The zero-order chi connectivity index (χ0) is 20.1. The van der Waals surface area contributed by atoms with Crippen molar-refractivity contribution in [2.75, 3.05) is 6.61 Å². The number of ether oxygens (including phenoxy) is 3. The minimum Gasteiger partial charge on any atom is -0.478 e. The van der Waals surface area contributed by atoms with Crippen molar-refractivity contribution >= 4 is 11.9 Å². The van der Waals surface area contributed by atoms with Crippen LogP contribution in [-0.4, -0.2) is 69.7 Å². The molecule has 9 heteroatoms. The summed E-state index contributed by atoms with van der Waals surface area (Å²) in [7, 11) is 0. The van der Waals surface area contributed by atoms with Gasteiger partial charge in [0.15, 0.2) is 0 Å². The minimum absolute atomic E-state index is 0.0535. The van der Waals surface area contributed by atoms with Crippen LogP contribution in [0.4, 0.5) is 0 Å². The lowest BCUT2D eigenvalue weighted by Gasteiger charge is -2.40. The molecule has 1 aliphatic heterocycles. The van der Waals surface area contributed by atoms with Gasteiger partial charge in [-0.1, -0.05) is 13.8 Å². The number of rotatable bonds is 7. The Kier molecular flexibility index (Phi) is 7.14. The van der Waals surface area contributed by atoms with E-state index in [9.17, 15) is 24.9 Å². The third kappa shape index (κ3) is 5.16. The maximum atomic E-state index is 11.8. The highest BCUT2D eigenvalue weighted by Gasteiger charge is 2.45. The molecule has 1 heterocycles. The highest BCUT2D eigenvalue weighted by molar-refractivity contribution is 5.87. The molecule has 1 fully saturated rings. The van der Waals surface area contributed by atoms with Crippen molar-refractivity contribution in [2.45, 2.75) is 51.0 Å². The van der Waals surface area contributed by atoms with Crippen LogP contribution in [-0.2, 0) is 14.3 Å².